The van der Waals surface area contributed by atoms with Crippen LogP contribution in [0.1, 0.15) is 21.0 Å². The van der Waals surface area contributed by atoms with Crippen LogP contribution in [0, 0.1) is 0 Å². The Morgan fingerprint density at radius 3 is 2.15 bits per heavy atom. The van der Waals surface area contributed by atoms with E-state index in [-0.39, 0.29) is 35.4 Å². The molecule has 5 aromatic rings. The molecule has 2 aromatic carbocycles. The van der Waals surface area contributed by atoms with Crippen LogP contribution in [0.3, 0.4) is 0 Å². The zero-order valence-electron chi connectivity index (χ0n) is 18.2. The highest BCUT2D eigenvalue weighted by Gasteiger charge is 2.15. The minimum atomic E-state index is -0.418. The van der Waals surface area contributed by atoms with Crippen LogP contribution in [-0.2, 0) is 7.05 Å². The maximum absolute atomic E-state index is 12.8. The molecule has 0 atom stereocenters. The zero-order valence-corrected chi connectivity index (χ0v) is 20.4. The van der Waals surface area contributed by atoms with Crippen LogP contribution in [-0.4, -0.2) is 21.8 Å². The fourth-order valence-corrected chi connectivity index (χ4v) is 3.70. The number of hydrogen-bond donors (Lipinski definition) is 2. The van der Waals surface area contributed by atoms with Gasteiger partial charge in [0.15, 0.2) is 6.20 Å². The summed E-state index contributed by atoms with van der Waals surface area (Å²) >= 11 is 0. The van der Waals surface area contributed by atoms with E-state index >= 15 is 0 Å². The number of rotatable bonds is 4. The Morgan fingerprint density at radius 1 is 0.765 bits per heavy atom. The summed E-state index contributed by atoms with van der Waals surface area (Å²) < 4.78 is 1.94. The van der Waals surface area contributed by atoms with Gasteiger partial charge in [-0.15, -0.1) is 0 Å². The van der Waals surface area contributed by atoms with E-state index in [1.807, 2.05) is 78.5 Å². The zero-order chi connectivity index (χ0) is 22.8. The number of para-hydroxylation sites is 2. The fraction of sp³-hybridized carbons (Fsp3) is 0.0385. The molecule has 34 heavy (non-hydrogen) atoms. The third-order valence-corrected chi connectivity index (χ3v) is 5.28. The lowest BCUT2D eigenvalue weighted by atomic mass is 10.2. The lowest BCUT2D eigenvalue weighted by Gasteiger charge is -2.08. The van der Waals surface area contributed by atoms with E-state index in [0.717, 1.165) is 21.8 Å². The largest absolute Gasteiger partial charge is 1.00 e. The molecular weight excluding hydrogens is 541 g/mol. The quantitative estimate of drug-likeness (QED) is 0.255. The molecule has 2 amide bonds. The Balaban J connectivity index is 0.00000274. The van der Waals surface area contributed by atoms with E-state index in [2.05, 4.69) is 20.6 Å². The number of aryl methyl sites for hydroxylation is 1. The van der Waals surface area contributed by atoms with E-state index in [9.17, 15) is 9.59 Å². The molecule has 0 aliphatic heterocycles. The molecule has 2 N–H and O–H groups in total. The van der Waals surface area contributed by atoms with Crippen molar-refractivity contribution in [2.75, 3.05) is 10.6 Å². The van der Waals surface area contributed by atoms with Gasteiger partial charge in [0.2, 0.25) is 5.52 Å². The van der Waals surface area contributed by atoms with Gasteiger partial charge in [-0.2, -0.15) is 4.57 Å². The van der Waals surface area contributed by atoms with E-state index in [1.165, 1.54) is 0 Å². The van der Waals surface area contributed by atoms with Gasteiger partial charge in [0.25, 0.3) is 11.8 Å². The molecule has 0 unspecified atom stereocenters. The number of carbonyl (C=O) groups is 2. The number of carbonyl (C=O) groups excluding carboxylic acids is 2. The van der Waals surface area contributed by atoms with E-state index in [1.54, 1.807) is 24.4 Å². The number of nitrogens with zero attached hydrogens (tertiary/aromatic N) is 3. The molecule has 0 aliphatic carbocycles. The van der Waals surface area contributed by atoms with Crippen molar-refractivity contribution in [2.45, 2.75) is 0 Å². The third kappa shape index (κ3) is 4.86. The SMILES string of the molecule is C[n+]1cc(NC(=O)c2cccc(C(=O)Nc3cnc4ccccc4c3)n2)cc2ccccc21.[I-]. The summed E-state index contributed by atoms with van der Waals surface area (Å²) in [5, 5.41) is 7.58. The van der Waals surface area contributed by atoms with Crippen LogP contribution < -0.4 is 39.2 Å². The first-order valence-corrected chi connectivity index (χ1v) is 10.4. The number of aromatic nitrogens is 3. The summed E-state index contributed by atoms with van der Waals surface area (Å²) in [6, 6.07) is 24.1. The van der Waals surface area contributed by atoms with Crippen LogP contribution in [0.4, 0.5) is 11.4 Å². The van der Waals surface area contributed by atoms with Gasteiger partial charge in [-0.25, -0.2) is 4.98 Å². The topological polar surface area (TPSA) is 87.9 Å². The first kappa shape index (κ1) is 23.2. The molecule has 7 nitrogen and oxygen atoms in total. The first-order valence-electron chi connectivity index (χ1n) is 10.4. The van der Waals surface area contributed by atoms with Crippen LogP contribution in [0.5, 0.6) is 0 Å². The van der Waals surface area contributed by atoms with Crippen LogP contribution in [0.15, 0.2) is 91.3 Å². The van der Waals surface area contributed by atoms with Crippen LogP contribution in [0.2, 0.25) is 0 Å². The molecule has 5 rings (SSSR count). The van der Waals surface area contributed by atoms with Gasteiger partial charge >= 0.3 is 0 Å². The average molecular weight is 561 g/mol. The predicted molar refractivity (Wildman–Crippen MR) is 127 cm³/mol. The monoisotopic (exact) mass is 561 g/mol. The number of benzene rings is 2. The Kier molecular flexibility index (Phi) is 6.78. The van der Waals surface area contributed by atoms with Gasteiger partial charge in [0.1, 0.15) is 24.1 Å². The summed E-state index contributed by atoms with van der Waals surface area (Å²) in [6.45, 7) is 0. The van der Waals surface area contributed by atoms with E-state index in [4.69, 9.17) is 0 Å². The van der Waals surface area contributed by atoms with Gasteiger partial charge in [0, 0.05) is 16.8 Å². The molecule has 0 saturated carbocycles. The van der Waals surface area contributed by atoms with Gasteiger partial charge in [-0.1, -0.05) is 36.4 Å². The van der Waals surface area contributed by atoms with Crippen molar-refractivity contribution in [2.24, 2.45) is 7.05 Å². The molecule has 0 radical (unpaired) electrons. The van der Waals surface area contributed by atoms with Crippen molar-refractivity contribution < 1.29 is 38.1 Å². The second-order valence-electron chi connectivity index (χ2n) is 7.63. The van der Waals surface area contributed by atoms with Crippen molar-refractivity contribution in [3.8, 4) is 0 Å². The summed E-state index contributed by atoms with van der Waals surface area (Å²) in [7, 11) is 1.92. The van der Waals surface area contributed by atoms with E-state index < -0.39 is 11.8 Å². The molecule has 168 valence electrons. The molecular formula is C26H20IN5O2. The number of anilines is 2. The lowest BCUT2D eigenvalue weighted by molar-refractivity contribution is -0.644. The standard InChI is InChI=1S/C26H19N5O2.HI/c1-31-16-20(14-18-8-3-5-12-24(18)31)29-26(33)23-11-6-10-22(30-23)25(32)28-19-13-17-7-2-4-9-21(17)27-15-19;/h2-16H,1H3,(H-,28,29,32,33);1H. The highest BCUT2D eigenvalue weighted by Crippen LogP contribution is 2.18. The van der Waals surface area contributed by atoms with Crippen molar-refractivity contribution in [3.63, 3.8) is 0 Å². The van der Waals surface area contributed by atoms with Gasteiger partial charge in [-0.3, -0.25) is 14.6 Å². The van der Waals surface area contributed by atoms with Crippen LogP contribution >= 0.6 is 0 Å². The number of hydrogen-bond acceptors (Lipinski definition) is 4. The molecule has 8 heteroatoms. The normalized spacial score (nSPS) is 10.5. The van der Waals surface area contributed by atoms with Gasteiger partial charge in [-0.05, 0) is 36.4 Å². The molecule has 0 saturated heterocycles. The van der Waals surface area contributed by atoms with E-state index in [0.29, 0.717) is 11.4 Å². The lowest BCUT2D eigenvalue weighted by Crippen LogP contribution is -3.00. The first-order chi connectivity index (χ1) is 16.1. The minimum Gasteiger partial charge on any atom is -1.00 e. The molecule has 3 aromatic heterocycles. The molecule has 0 spiro atoms. The second kappa shape index (κ2) is 9.92. The van der Waals surface area contributed by atoms with Crippen molar-refractivity contribution in [1.29, 1.82) is 0 Å². The predicted octanol–water partition coefficient (Wildman–Crippen LogP) is 1.12. The molecule has 0 aliphatic rings. The number of amides is 2. The Morgan fingerprint density at radius 2 is 1.38 bits per heavy atom. The highest BCUT2D eigenvalue weighted by molar-refractivity contribution is 6.06. The number of fused-ring (bicyclic) bond motifs is 2. The van der Waals surface area contributed by atoms with Crippen molar-refractivity contribution >= 4 is 45.0 Å². The summed E-state index contributed by atoms with van der Waals surface area (Å²) in [4.78, 5) is 34.2. The summed E-state index contributed by atoms with van der Waals surface area (Å²) in [5.74, 6) is -0.814. The molecule has 0 fully saturated rings. The Labute approximate surface area is 212 Å². The maximum atomic E-state index is 12.8. The number of pyridine rings is 3. The number of nitrogens with one attached hydrogen (secondary N) is 2. The molecule has 0 bridgehead atoms. The Hall–Kier alpha value is -3.92. The van der Waals surface area contributed by atoms with Crippen molar-refractivity contribution in [3.05, 3.63) is 103 Å². The number of halogens is 1. The summed E-state index contributed by atoms with van der Waals surface area (Å²) in [6.07, 6.45) is 3.43. The smallest absolute Gasteiger partial charge is 0.274 e. The highest BCUT2D eigenvalue weighted by atomic mass is 127. The van der Waals surface area contributed by atoms with Crippen LogP contribution in [0.25, 0.3) is 21.8 Å². The minimum absolute atomic E-state index is 0. The third-order valence-electron chi connectivity index (χ3n) is 5.28. The summed E-state index contributed by atoms with van der Waals surface area (Å²) in [5.41, 5.74) is 3.37. The fourth-order valence-electron chi connectivity index (χ4n) is 3.70. The maximum Gasteiger partial charge on any atom is 0.274 e. The average Bonchev–Trinajstić information content (AvgIpc) is 2.84. The second-order valence-corrected chi connectivity index (χ2v) is 7.63. The van der Waals surface area contributed by atoms with Gasteiger partial charge < -0.3 is 34.6 Å². The van der Waals surface area contributed by atoms with Crippen molar-refractivity contribution in [1.82, 2.24) is 9.97 Å². The molecule has 3 heterocycles. The van der Waals surface area contributed by atoms with Gasteiger partial charge in [0.05, 0.1) is 17.4 Å². The Bertz CT molecular complexity index is 1540.